The van der Waals surface area contributed by atoms with Gasteiger partial charge in [-0.1, -0.05) is 35.5 Å². The molecule has 0 saturated carbocycles. The summed E-state index contributed by atoms with van der Waals surface area (Å²) in [5, 5.41) is 16.8. The number of oxime groups is 1. The van der Waals surface area contributed by atoms with Gasteiger partial charge in [0.2, 0.25) is 0 Å². The molecule has 0 spiro atoms. The number of piperidine rings is 3. The summed E-state index contributed by atoms with van der Waals surface area (Å²) in [7, 11) is 1.65. The van der Waals surface area contributed by atoms with Crippen LogP contribution in [0.1, 0.15) is 30.1 Å². The Morgan fingerprint density at radius 2 is 2.06 bits per heavy atom. The molecule has 6 nitrogen and oxygen atoms in total. The maximum atomic E-state index is 11.4. The highest BCUT2D eigenvalue weighted by atomic mass is 16.6. The largest absolute Gasteiger partial charge is 0.497 e. The first-order valence-corrected chi connectivity index (χ1v) is 10.8. The second-order valence-corrected chi connectivity index (χ2v) is 8.33. The van der Waals surface area contributed by atoms with Gasteiger partial charge in [0.1, 0.15) is 12.4 Å². The number of nitrogens with zero attached hydrogens (tertiary/aromatic N) is 3. The predicted molar refractivity (Wildman–Crippen MR) is 120 cm³/mol. The molecule has 1 N–H and O–H groups in total. The van der Waals surface area contributed by atoms with Gasteiger partial charge in [-0.25, -0.2) is 0 Å². The van der Waals surface area contributed by atoms with Gasteiger partial charge in [-0.05, 0) is 54.8 Å². The third kappa shape index (κ3) is 4.01. The molecular weight excluding hydrogens is 390 g/mol. The Morgan fingerprint density at radius 3 is 2.84 bits per heavy atom. The van der Waals surface area contributed by atoms with Crippen molar-refractivity contribution in [3.8, 4) is 5.75 Å². The first-order valence-electron chi connectivity index (χ1n) is 10.8. The van der Waals surface area contributed by atoms with E-state index in [1.807, 2.05) is 54.6 Å². The smallest absolute Gasteiger partial charge is 0.142 e. The lowest BCUT2D eigenvalue weighted by molar-refractivity contribution is 0.00950. The van der Waals surface area contributed by atoms with Crippen molar-refractivity contribution >= 4 is 16.6 Å². The van der Waals surface area contributed by atoms with Crippen LogP contribution in [0.3, 0.4) is 0 Å². The van der Waals surface area contributed by atoms with Crippen LogP contribution in [0, 0.1) is 5.92 Å². The van der Waals surface area contributed by atoms with E-state index < -0.39 is 6.10 Å². The van der Waals surface area contributed by atoms with E-state index in [-0.39, 0.29) is 6.04 Å². The maximum Gasteiger partial charge on any atom is 0.142 e. The molecular formula is C25H27N3O3. The molecule has 1 unspecified atom stereocenters. The third-order valence-electron chi connectivity index (χ3n) is 6.52. The number of methoxy groups -OCH3 is 1. The minimum absolute atomic E-state index is 0.0589. The number of ether oxygens (including phenoxy) is 1. The predicted octanol–water partition coefficient (Wildman–Crippen LogP) is 3.94. The number of fused-ring (bicyclic) bond motifs is 4. The van der Waals surface area contributed by atoms with Crippen LogP contribution in [0.4, 0.5) is 0 Å². The van der Waals surface area contributed by atoms with Crippen LogP contribution in [0.25, 0.3) is 10.9 Å². The summed E-state index contributed by atoms with van der Waals surface area (Å²) in [6.45, 7) is 2.19. The lowest BCUT2D eigenvalue weighted by Crippen LogP contribution is -2.55. The molecule has 6 rings (SSSR count). The Balaban J connectivity index is 1.32. The molecule has 0 radical (unpaired) electrons. The number of aliphatic hydroxyl groups is 1. The molecule has 1 aromatic heterocycles. The second-order valence-electron chi connectivity index (χ2n) is 8.33. The number of hydrogen-bond donors (Lipinski definition) is 1. The van der Waals surface area contributed by atoms with Crippen molar-refractivity contribution < 1.29 is 14.7 Å². The van der Waals surface area contributed by atoms with E-state index in [2.05, 4.69) is 15.0 Å². The van der Waals surface area contributed by atoms with Crippen LogP contribution in [0.2, 0.25) is 0 Å². The molecule has 4 heterocycles. The van der Waals surface area contributed by atoms with Gasteiger partial charge in [-0.15, -0.1) is 0 Å². The fourth-order valence-corrected chi connectivity index (χ4v) is 4.82. The summed E-state index contributed by atoms with van der Waals surface area (Å²) >= 11 is 0. The highest BCUT2D eigenvalue weighted by Gasteiger charge is 2.42. The number of rotatable bonds is 6. The van der Waals surface area contributed by atoms with Crippen molar-refractivity contribution in [2.75, 3.05) is 20.2 Å². The molecule has 3 fully saturated rings. The number of pyridine rings is 1. The van der Waals surface area contributed by atoms with Gasteiger partial charge in [-0.3, -0.25) is 9.88 Å². The Labute approximate surface area is 182 Å². The molecule has 3 aliphatic heterocycles. The summed E-state index contributed by atoms with van der Waals surface area (Å²) in [6, 6.07) is 17.9. The standard InChI is InChI=1S/C25H27N3O3/c1-30-19-7-8-22-21(14-19)20(9-11-26-22)25(29)24-13-18-10-12-28(24)15-23(18)27-31-16-17-5-3-2-4-6-17/h2-9,11,14,18,24-25,29H,10,12-13,15-16H2,1H3/t18-,24-,25+/m0/s1. The fraction of sp³-hybridized carbons (Fsp3) is 0.360. The fourth-order valence-electron chi connectivity index (χ4n) is 4.82. The second kappa shape index (κ2) is 8.65. The first-order chi connectivity index (χ1) is 15.2. The van der Waals surface area contributed by atoms with Crippen LogP contribution < -0.4 is 4.74 Å². The zero-order valence-corrected chi connectivity index (χ0v) is 17.6. The van der Waals surface area contributed by atoms with Crippen molar-refractivity contribution in [1.29, 1.82) is 0 Å². The van der Waals surface area contributed by atoms with Crippen molar-refractivity contribution in [1.82, 2.24) is 9.88 Å². The van der Waals surface area contributed by atoms with Crippen LogP contribution in [0.15, 0.2) is 65.9 Å². The SMILES string of the molecule is COc1ccc2nccc([C@@H](O)[C@@H]3C[C@@H]4CCN3CC4=NOCc3ccccc3)c2c1. The van der Waals surface area contributed by atoms with Crippen molar-refractivity contribution in [2.24, 2.45) is 11.1 Å². The normalized spacial score (nSPS) is 25.0. The monoisotopic (exact) mass is 417 g/mol. The first kappa shape index (κ1) is 20.0. The van der Waals surface area contributed by atoms with Gasteiger partial charge in [0.15, 0.2) is 0 Å². The summed E-state index contributed by atoms with van der Waals surface area (Å²) < 4.78 is 5.39. The molecule has 2 bridgehead atoms. The Morgan fingerprint density at radius 1 is 1.19 bits per heavy atom. The lowest BCUT2D eigenvalue weighted by atomic mass is 9.78. The molecule has 3 saturated heterocycles. The Bertz CT molecular complexity index is 1090. The van der Waals surface area contributed by atoms with Gasteiger partial charge >= 0.3 is 0 Å². The minimum Gasteiger partial charge on any atom is -0.497 e. The van der Waals surface area contributed by atoms with Crippen LogP contribution in [0.5, 0.6) is 5.75 Å². The summed E-state index contributed by atoms with van der Waals surface area (Å²) in [5.74, 6) is 1.12. The van der Waals surface area contributed by atoms with Gasteiger partial charge in [-0.2, -0.15) is 0 Å². The average Bonchev–Trinajstić information content (AvgIpc) is 2.84. The molecule has 3 aliphatic rings. The molecule has 2 aromatic carbocycles. The molecule has 31 heavy (non-hydrogen) atoms. The number of aromatic nitrogens is 1. The van der Waals surface area contributed by atoms with E-state index in [0.29, 0.717) is 12.5 Å². The number of hydrogen-bond acceptors (Lipinski definition) is 6. The van der Waals surface area contributed by atoms with E-state index in [0.717, 1.165) is 59.4 Å². The zero-order chi connectivity index (χ0) is 21.2. The van der Waals surface area contributed by atoms with Gasteiger partial charge in [0.25, 0.3) is 0 Å². The van der Waals surface area contributed by atoms with Crippen LogP contribution in [-0.2, 0) is 11.4 Å². The lowest BCUT2D eigenvalue weighted by Gasteiger charge is -2.47. The van der Waals surface area contributed by atoms with Crippen LogP contribution in [-0.4, -0.2) is 46.9 Å². The Hall–Kier alpha value is -2.96. The highest BCUT2D eigenvalue weighted by Crippen LogP contribution is 2.38. The van der Waals surface area contributed by atoms with Crippen molar-refractivity contribution in [3.63, 3.8) is 0 Å². The zero-order valence-electron chi connectivity index (χ0n) is 17.6. The number of aliphatic hydroxyl groups excluding tert-OH is 1. The highest BCUT2D eigenvalue weighted by molar-refractivity contribution is 5.90. The minimum atomic E-state index is -0.591. The van der Waals surface area contributed by atoms with E-state index in [1.54, 1.807) is 13.3 Å². The molecule has 4 atom stereocenters. The number of benzene rings is 2. The summed E-state index contributed by atoms with van der Waals surface area (Å²) in [6.07, 6.45) is 3.12. The van der Waals surface area contributed by atoms with E-state index in [1.165, 1.54) is 0 Å². The van der Waals surface area contributed by atoms with E-state index in [4.69, 9.17) is 9.57 Å². The molecule has 3 aromatic rings. The Kier molecular flexibility index (Phi) is 5.57. The molecule has 6 heteroatoms. The molecule has 160 valence electrons. The quantitative estimate of drug-likeness (QED) is 0.616. The third-order valence-corrected chi connectivity index (χ3v) is 6.52. The molecule has 0 amide bonds. The average molecular weight is 418 g/mol. The van der Waals surface area contributed by atoms with Crippen molar-refractivity contribution in [2.45, 2.75) is 31.6 Å². The van der Waals surface area contributed by atoms with Gasteiger partial charge in [0.05, 0.1) is 24.4 Å². The van der Waals surface area contributed by atoms with E-state index >= 15 is 0 Å². The van der Waals surface area contributed by atoms with Gasteiger partial charge in [0, 0.05) is 30.1 Å². The maximum absolute atomic E-state index is 11.4. The topological polar surface area (TPSA) is 67.2 Å². The summed E-state index contributed by atoms with van der Waals surface area (Å²) in [4.78, 5) is 12.4. The van der Waals surface area contributed by atoms with Crippen molar-refractivity contribution in [3.05, 3.63) is 71.9 Å². The van der Waals surface area contributed by atoms with Crippen LogP contribution >= 0.6 is 0 Å². The van der Waals surface area contributed by atoms with Gasteiger partial charge < -0.3 is 14.7 Å². The summed E-state index contributed by atoms with van der Waals surface area (Å²) in [5.41, 5.74) is 3.97. The van der Waals surface area contributed by atoms with E-state index in [9.17, 15) is 5.11 Å². The molecule has 0 aliphatic carbocycles.